The molecule has 1 aromatic carbocycles. The fourth-order valence-electron chi connectivity index (χ4n) is 2.53. The van der Waals surface area contributed by atoms with Gasteiger partial charge in [-0.15, -0.1) is 11.3 Å². The van der Waals surface area contributed by atoms with Gasteiger partial charge in [0, 0.05) is 19.0 Å². The summed E-state index contributed by atoms with van der Waals surface area (Å²) in [6.45, 7) is 15.2. The Morgan fingerprint density at radius 3 is 2.42 bits per heavy atom. The van der Waals surface area contributed by atoms with Gasteiger partial charge in [0.05, 0.1) is 17.2 Å². The first-order valence-electron chi connectivity index (χ1n) is 10.3. The number of aromatic nitrogens is 1. The van der Waals surface area contributed by atoms with E-state index in [0.29, 0.717) is 5.69 Å². The second-order valence-electron chi connectivity index (χ2n) is 9.53. The highest BCUT2D eigenvalue weighted by molar-refractivity contribution is 7.96. The molecule has 11 heteroatoms. The molecule has 8 nitrogen and oxygen atoms in total. The maximum absolute atomic E-state index is 13.2. The van der Waals surface area contributed by atoms with Crippen molar-refractivity contribution in [2.24, 2.45) is 0 Å². The largest absolute Gasteiger partial charge is 0.462 e. The number of hydrogen-bond acceptors (Lipinski definition) is 8. The molecule has 0 aliphatic carbocycles. The molecule has 1 heterocycles. The normalized spacial score (nSPS) is 12.2. The number of esters is 1. The number of thiazole rings is 1. The van der Waals surface area contributed by atoms with Gasteiger partial charge in [0.25, 0.3) is 0 Å². The molecule has 0 atom stereocenters. The molecular weight excluding hydrogens is 480 g/mol. The van der Waals surface area contributed by atoms with E-state index in [1.807, 2.05) is 0 Å². The van der Waals surface area contributed by atoms with Gasteiger partial charge in [-0.05, 0) is 32.9 Å². The minimum atomic E-state index is -4.23. The molecule has 0 aliphatic heterocycles. The van der Waals surface area contributed by atoms with Gasteiger partial charge in [-0.3, -0.25) is 5.32 Å². The molecule has 33 heavy (non-hydrogen) atoms. The zero-order chi connectivity index (χ0) is 25.0. The third-order valence-electron chi connectivity index (χ3n) is 4.20. The smallest absolute Gasteiger partial charge is 0.413 e. The minimum Gasteiger partial charge on any atom is -0.462 e. The van der Waals surface area contributed by atoms with Gasteiger partial charge in [0.2, 0.25) is 9.84 Å². The predicted molar refractivity (Wildman–Crippen MR) is 133 cm³/mol. The lowest BCUT2D eigenvalue weighted by Gasteiger charge is -2.18. The van der Waals surface area contributed by atoms with E-state index < -0.39 is 40.5 Å². The van der Waals surface area contributed by atoms with Crippen LogP contribution in [0.2, 0.25) is 25.7 Å². The van der Waals surface area contributed by atoms with E-state index in [1.54, 1.807) is 44.4 Å². The molecule has 0 radical (unpaired) electrons. The van der Waals surface area contributed by atoms with E-state index in [9.17, 15) is 18.0 Å². The Balaban J connectivity index is 2.24. The number of rotatable bonds is 8. The van der Waals surface area contributed by atoms with E-state index in [-0.39, 0.29) is 22.2 Å². The summed E-state index contributed by atoms with van der Waals surface area (Å²) in [7, 11) is -5.67. The van der Waals surface area contributed by atoms with Crippen molar-refractivity contribution in [3.8, 4) is 11.3 Å². The van der Waals surface area contributed by atoms with Crippen molar-refractivity contribution >= 4 is 46.4 Å². The SMILES string of the molecule is C=C(C(=O)OCC[Si](C)(C)C)S(=O)(=O)c1ccccc1-c1csc(NC(=O)OC(C)(C)C)n1. The van der Waals surface area contributed by atoms with Crippen LogP contribution in [0.4, 0.5) is 9.93 Å². The molecule has 1 aromatic heterocycles. The monoisotopic (exact) mass is 510 g/mol. The quantitative estimate of drug-likeness (QED) is 0.290. The second kappa shape index (κ2) is 10.2. The summed E-state index contributed by atoms with van der Waals surface area (Å²) in [6, 6.07) is 6.87. The molecule has 0 saturated carbocycles. The number of ether oxygens (including phenoxy) is 2. The van der Waals surface area contributed by atoms with Gasteiger partial charge in [-0.2, -0.15) is 0 Å². The van der Waals surface area contributed by atoms with Gasteiger partial charge >= 0.3 is 12.1 Å². The minimum absolute atomic E-state index is 0.119. The van der Waals surface area contributed by atoms with Crippen molar-refractivity contribution in [1.82, 2.24) is 4.98 Å². The Kier molecular flexibility index (Phi) is 8.25. The molecular formula is C22H30N2O6S2Si. The highest BCUT2D eigenvalue weighted by Gasteiger charge is 2.30. The third kappa shape index (κ3) is 7.79. The number of nitrogens with zero attached hydrogens (tertiary/aromatic N) is 1. The Hall–Kier alpha value is -2.50. The third-order valence-corrected chi connectivity index (χ3v) is 8.41. The summed E-state index contributed by atoms with van der Waals surface area (Å²) in [5.74, 6) is -0.964. The Bertz CT molecular complexity index is 1140. The lowest BCUT2D eigenvalue weighted by molar-refractivity contribution is -0.137. The first-order chi connectivity index (χ1) is 15.1. The Labute approximate surface area is 200 Å². The molecule has 0 fully saturated rings. The predicted octanol–water partition coefficient (Wildman–Crippen LogP) is 5.33. The van der Waals surface area contributed by atoms with Crippen molar-refractivity contribution in [3.63, 3.8) is 0 Å². The van der Waals surface area contributed by atoms with Crippen molar-refractivity contribution in [3.05, 3.63) is 41.1 Å². The van der Waals surface area contributed by atoms with E-state index >= 15 is 0 Å². The van der Waals surface area contributed by atoms with E-state index in [1.165, 1.54) is 6.07 Å². The van der Waals surface area contributed by atoms with E-state index in [4.69, 9.17) is 9.47 Å². The van der Waals surface area contributed by atoms with Gasteiger partial charge in [-0.1, -0.05) is 44.4 Å². The summed E-state index contributed by atoms with van der Waals surface area (Å²) in [5, 5.41) is 4.39. The van der Waals surface area contributed by atoms with Gasteiger partial charge < -0.3 is 9.47 Å². The lowest BCUT2D eigenvalue weighted by atomic mass is 10.2. The summed E-state index contributed by atoms with van der Waals surface area (Å²) in [5.41, 5.74) is -0.0679. The highest BCUT2D eigenvalue weighted by Crippen LogP contribution is 2.33. The van der Waals surface area contributed by atoms with E-state index in [0.717, 1.165) is 17.4 Å². The van der Waals surface area contributed by atoms with Crippen LogP contribution in [0.15, 0.2) is 46.0 Å². The topological polar surface area (TPSA) is 112 Å². The van der Waals surface area contributed by atoms with Gasteiger partial charge in [-0.25, -0.2) is 23.0 Å². The summed E-state index contributed by atoms with van der Waals surface area (Å²) >= 11 is 1.12. The van der Waals surface area contributed by atoms with Gasteiger partial charge in [0.15, 0.2) is 5.13 Å². The molecule has 0 aliphatic rings. The van der Waals surface area contributed by atoms with Crippen LogP contribution in [0.3, 0.4) is 0 Å². The number of amides is 1. The molecule has 0 saturated heterocycles. The molecule has 0 unspecified atom stereocenters. The average Bonchev–Trinajstić information content (AvgIpc) is 3.12. The van der Waals surface area contributed by atoms with Crippen LogP contribution >= 0.6 is 11.3 Å². The number of nitrogens with one attached hydrogen (secondary N) is 1. The maximum Gasteiger partial charge on any atom is 0.413 e. The number of benzene rings is 1. The number of carbonyl (C=O) groups excluding carboxylic acids is 2. The standard InChI is InChI=1S/C22H30N2O6S2Si/c1-15(19(25)29-12-13-33(5,6)7)32(27,28)18-11-9-8-10-16(18)17-14-31-20(23-17)24-21(26)30-22(2,3)4/h8-11,14H,1,12-13H2,2-7H3,(H,23,24,26). The van der Waals surface area contributed by atoms with Crippen LogP contribution in [0, 0.1) is 0 Å². The van der Waals surface area contributed by atoms with Crippen molar-refractivity contribution in [1.29, 1.82) is 0 Å². The van der Waals surface area contributed by atoms with Crippen molar-refractivity contribution < 1.29 is 27.5 Å². The Morgan fingerprint density at radius 2 is 1.82 bits per heavy atom. The molecule has 2 aromatic rings. The molecule has 1 amide bonds. The Morgan fingerprint density at radius 1 is 1.18 bits per heavy atom. The second-order valence-corrected chi connectivity index (χ2v) is 18.0. The molecule has 0 spiro atoms. The number of anilines is 1. The lowest BCUT2D eigenvalue weighted by Crippen LogP contribution is -2.27. The fraction of sp³-hybridized carbons (Fsp3) is 0.409. The highest BCUT2D eigenvalue weighted by atomic mass is 32.2. The fourth-order valence-corrected chi connectivity index (χ4v) is 5.21. The number of sulfone groups is 1. The van der Waals surface area contributed by atoms with Crippen LogP contribution < -0.4 is 5.32 Å². The van der Waals surface area contributed by atoms with Crippen LogP contribution in [0.25, 0.3) is 11.3 Å². The molecule has 2 rings (SSSR count). The number of hydrogen-bond donors (Lipinski definition) is 1. The summed E-state index contributed by atoms with van der Waals surface area (Å²) in [4.78, 5) is 27.9. The van der Waals surface area contributed by atoms with Crippen molar-refractivity contribution in [2.45, 2.75) is 57.0 Å². The molecule has 0 bridgehead atoms. The molecule has 1 N–H and O–H groups in total. The molecule has 180 valence electrons. The van der Waals surface area contributed by atoms with Crippen molar-refractivity contribution in [2.75, 3.05) is 11.9 Å². The van der Waals surface area contributed by atoms with E-state index in [2.05, 4.69) is 36.5 Å². The zero-order valence-corrected chi connectivity index (χ0v) is 22.4. The average molecular weight is 511 g/mol. The first-order valence-corrected chi connectivity index (χ1v) is 16.3. The maximum atomic E-state index is 13.2. The summed E-state index contributed by atoms with van der Waals surface area (Å²) < 4.78 is 36.7. The van der Waals surface area contributed by atoms with Gasteiger partial charge in [0.1, 0.15) is 10.5 Å². The first kappa shape index (κ1) is 26.7. The summed E-state index contributed by atoms with van der Waals surface area (Å²) in [6.07, 6.45) is -0.668. The van der Waals surface area contributed by atoms with Crippen LogP contribution in [0.5, 0.6) is 0 Å². The van der Waals surface area contributed by atoms with Crippen LogP contribution in [-0.2, 0) is 24.1 Å². The number of carbonyl (C=O) groups is 2. The zero-order valence-electron chi connectivity index (χ0n) is 19.7. The van der Waals surface area contributed by atoms with Crippen LogP contribution in [-0.4, -0.2) is 45.7 Å². The van der Waals surface area contributed by atoms with Crippen LogP contribution in [0.1, 0.15) is 20.8 Å².